The molecule has 1 fully saturated rings. The maximum atomic E-state index is 11.8. The predicted octanol–water partition coefficient (Wildman–Crippen LogP) is 1.34. The molecule has 6 heteroatoms. The Kier molecular flexibility index (Phi) is 3.47. The standard InChI is InChI=1S/C11H15ClN4O/c1-16(2)9-5-8(14-11(12)15-9)10(17)13-6-7-3-4-7/h5,7H,3-4,6H2,1-2H3,(H,13,17). The number of nitrogens with zero attached hydrogens (tertiary/aromatic N) is 3. The van der Waals surface area contributed by atoms with E-state index < -0.39 is 0 Å². The van der Waals surface area contributed by atoms with Crippen LogP contribution in [0.4, 0.5) is 5.82 Å². The third-order valence-corrected chi connectivity index (χ3v) is 2.79. The molecule has 1 amide bonds. The molecule has 17 heavy (non-hydrogen) atoms. The maximum Gasteiger partial charge on any atom is 0.270 e. The predicted molar refractivity (Wildman–Crippen MR) is 66.4 cm³/mol. The topological polar surface area (TPSA) is 58.1 Å². The largest absolute Gasteiger partial charge is 0.363 e. The highest BCUT2D eigenvalue weighted by Gasteiger charge is 2.22. The zero-order valence-electron chi connectivity index (χ0n) is 9.90. The first-order valence-electron chi connectivity index (χ1n) is 5.56. The van der Waals surface area contributed by atoms with Gasteiger partial charge < -0.3 is 10.2 Å². The third-order valence-electron chi connectivity index (χ3n) is 2.62. The van der Waals surface area contributed by atoms with Gasteiger partial charge >= 0.3 is 0 Å². The molecule has 92 valence electrons. The molecule has 1 heterocycles. The summed E-state index contributed by atoms with van der Waals surface area (Å²) >= 11 is 5.78. The quantitative estimate of drug-likeness (QED) is 0.824. The van der Waals surface area contributed by atoms with Crippen LogP contribution in [0.5, 0.6) is 0 Å². The fourth-order valence-corrected chi connectivity index (χ4v) is 1.58. The van der Waals surface area contributed by atoms with Crippen molar-refractivity contribution in [1.29, 1.82) is 0 Å². The Morgan fingerprint density at radius 1 is 1.53 bits per heavy atom. The SMILES string of the molecule is CN(C)c1cc(C(=O)NCC2CC2)nc(Cl)n1. The van der Waals surface area contributed by atoms with E-state index in [4.69, 9.17) is 11.6 Å². The van der Waals surface area contributed by atoms with Gasteiger partial charge in [-0.05, 0) is 30.4 Å². The Hall–Kier alpha value is -1.36. The second kappa shape index (κ2) is 4.87. The Labute approximate surface area is 105 Å². The van der Waals surface area contributed by atoms with E-state index in [1.54, 1.807) is 11.0 Å². The summed E-state index contributed by atoms with van der Waals surface area (Å²) in [5, 5.41) is 2.94. The molecule has 0 bridgehead atoms. The zero-order valence-corrected chi connectivity index (χ0v) is 10.7. The fourth-order valence-electron chi connectivity index (χ4n) is 1.40. The molecule has 2 rings (SSSR count). The van der Waals surface area contributed by atoms with Gasteiger partial charge in [-0.2, -0.15) is 0 Å². The number of aromatic nitrogens is 2. The molecule has 0 aromatic carbocycles. The van der Waals surface area contributed by atoms with Gasteiger partial charge in [0, 0.05) is 26.7 Å². The van der Waals surface area contributed by atoms with Crippen molar-refractivity contribution in [3.8, 4) is 0 Å². The van der Waals surface area contributed by atoms with Crippen molar-refractivity contribution in [2.24, 2.45) is 5.92 Å². The minimum absolute atomic E-state index is 0.0905. The lowest BCUT2D eigenvalue weighted by Crippen LogP contribution is -2.27. The first-order valence-corrected chi connectivity index (χ1v) is 5.94. The van der Waals surface area contributed by atoms with E-state index in [-0.39, 0.29) is 11.2 Å². The van der Waals surface area contributed by atoms with Gasteiger partial charge in [0.05, 0.1) is 0 Å². The summed E-state index contributed by atoms with van der Waals surface area (Å²) in [5.41, 5.74) is 0.314. The van der Waals surface area contributed by atoms with Crippen LogP contribution in [-0.2, 0) is 0 Å². The fraction of sp³-hybridized carbons (Fsp3) is 0.545. The van der Waals surface area contributed by atoms with Crippen LogP contribution in [0.1, 0.15) is 23.3 Å². The van der Waals surface area contributed by atoms with E-state index >= 15 is 0 Å². The Morgan fingerprint density at radius 2 is 2.24 bits per heavy atom. The molecular weight excluding hydrogens is 240 g/mol. The zero-order chi connectivity index (χ0) is 12.4. The maximum absolute atomic E-state index is 11.8. The van der Waals surface area contributed by atoms with Crippen LogP contribution in [0.25, 0.3) is 0 Å². The van der Waals surface area contributed by atoms with Crippen molar-refractivity contribution in [2.45, 2.75) is 12.8 Å². The van der Waals surface area contributed by atoms with Gasteiger partial charge in [-0.3, -0.25) is 4.79 Å². The number of hydrogen-bond acceptors (Lipinski definition) is 4. The molecule has 0 unspecified atom stereocenters. The van der Waals surface area contributed by atoms with Crippen LogP contribution in [-0.4, -0.2) is 36.5 Å². The van der Waals surface area contributed by atoms with Crippen LogP contribution in [0.15, 0.2) is 6.07 Å². The minimum Gasteiger partial charge on any atom is -0.363 e. The van der Waals surface area contributed by atoms with E-state index in [0.29, 0.717) is 17.4 Å². The van der Waals surface area contributed by atoms with E-state index in [1.807, 2.05) is 14.1 Å². The van der Waals surface area contributed by atoms with Gasteiger partial charge in [-0.25, -0.2) is 9.97 Å². The van der Waals surface area contributed by atoms with Gasteiger partial charge in [0.15, 0.2) is 0 Å². The molecular formula is C11H15ClN4O. The lowest BCUT2D eigenvalue weighted by molar-refractivity contribution is 0.0946. The first kappa shape index (κ1) is 12.1. The molecule has 1 aromatic heterocycles. The van der Waals surface area contributed by atoms with E-state index in [2.05, 4.69) is 15.3 Å². The van der Waals surface area contributed by atoms with Crippen molar-refractivity contribution in [2.75, 3.05) is 25.5 Å². The monoisotopic (exact) mass is 254 g/mol. The Balaban J connectivity index is 2.09. The van der Waals surface area contributed by atoms with Gasteiger partial charge in [-0.15, -0.1) is 0 Å². The van der Waals surface area contributed by atoms with Crippen LogP contribution in [0.2, 0.25) is 5.28 Å². The normalized spacial score (nSPS) is 14.5. The highest BCUT2D eigenvalue weighted by molar-refractivity contribution is 6.28. The molecule has 0 radical (unpaired) electrons. The van der Waals surface area contributed by atoms with Crippen LogP contribution < -0.4 is 10.2 Å². The summed E-state index contributed by atoms with van der Waals surface area (Å²) in [6.45, 7) is 0.720. The molecule has 1 saturated carbocycles. The molecule has 0 spiro atoms. The highest BCUT2D eigenvalue weighted by Crippen LogP contribution is 2.27. The number of nitrogens with one attached hydrogen (secondary N) is 1. The molecule has 0 aliphatic heterocycles. The molecule has 1 aromatic rings. The number of carbonyl (C=O) groups excluding carboxylic acids is 1. The van der Waals surface area contributed by atoms with E-state index in [0.717, 1.165) is 6.54 Å². The van der Waals surface area contributed by atoms with Gasteiger partial charge in [0.2, 0.25) is 5.28 Å². The third kappa shape index (κ3) is 3.30. The van der Waals surface area contributed by atoms with Crippen molar-refractivity contribution >= 4 is 23.3 Å². The summed E-state index contributed by atoms with van der Waals surface area (Å²) in [4.78, 5) is 21.6. The Morgan fingerprint density at radius 3 is 2.82 bits per heavy atom. The van der Waals surface area contributed by atoms with E-state index in [9.17, 15) is 4.79 Å². The molecule has 0 saturated heterocycles. The second-order valence-corrected chi connectivity index (χ2v) is 4.77. The van der Waals surface area contributed by atoms with Crippen LogP contribution >= 0.6 is 11.6 Å². The number of rotatable bonds is 4. The second-order valence-electron chi connectivity index (χ2n) is 4.43. The van der Waals surface area contributed by atoms with E-state index in [1.165, 1.54) is 12.8 Å². The van der Waals surface area contributed by atoms with Crippen molar-refractivity contribution < 1.29 is 4.79 Å². The summed E-state index contributed by atoms with van der Waals surface area (Å²) < 4.78 is 0. The molecule has 5 nitrogen and oxygen atoms in total. The summed E-state index contributed by atoms with van der Waals surface area (Å²) in [6.07, 6.45) is 2.40. The summed E-state index contributed by atoms with van der Waals surface area (Å²) in [6, 6.07) is 1.63. The number of anilines is 1. The van der Waals surface area contributed by atoms with Gasteiger partial charge in [0.25, 0.3) is 5.91 Å². The molecule has 1 aliphatic carbocycles. The summed E-state index contributed by atoms with van der Waals surface area (Å²) in [7, 11) is 3.68. The van der Waals surface area contributed by atoms with Crippen LogP contribution in [0.3, 0.4) is 0 Å². The average molecular weight is 255 g/mol. The number of amides is 1. The van der Waals surface area contributed by atoms with Crippen molar-refractivity contribution in [3.63, 3.8) is 0 Å². The smallest absolute Gasteiger partial charge is 0.270 e. The van der Waals surface area contributed by atoms with Crippen molar-refractivity contribution in [3.05, 3.63) is 17.0 Å². The molecule has 1 aliphatic rings. The first-order chi connectivity index (χ1) is 8.06. The lowest BCUT2D eigenvalue weighted by Gasteiger charge is -2.12. The lowest BCUT2D eigenvalue weighted by atomic mass is 10.3. The minimum atomic E-state index is -0.190. The number of hydrogen-bond donors (Lipinski definition) is 1. The van der Waals surface area contributed by atoms with Gasteiger partial charge in [-0.1, -0.05) is 0 Å². The summed E-state index contributed by atoms with van der Waals surface area (Å²) in [5.74, 6) is 1.08. The number of carbonyl (C=O) groups is 1. The highest BCUT2D eigenvalue weighted by atomic mass is 35.5. The van der Waals surface area contributed by atoms with Crippen molar-refractivity contribution in [1.82, 2.24) is 15.3 Å². The van der Waals surface area contributed by atoms with Gasteiger partial charge in [0.1, 0.15) is 11.5 Å². The molecule has 1 N–H and O–H groups in total. The Bertz CT molecular complexity index is 431. The molecule has 0 atom stereocenters. The average Bonchev–Trinajstić information content (AvgIpc) is 3.08. The number of halogens is 1. The van der Waals surface area contributed by atoms with Crippen LogP contribution in [0, 0.1) is 5.92 Å².